The second-order valence-corrected chi connectivity index (χ2v) is 8.00. The molecule has 1 unspecified atom stereocenters. The summed E-state index contributed by atoms with van der Waals surface area (Å²) in [5.41, 5.74) is 1.33. The van der Waals surface area contributed by atoms with Gasteiger partial charge in [0, 0.05) is 20.1 Å². The molecule has 1 saturated heterocycles. The van der Waals surface area contributed by atoms with Gasteiger partial charge in [-0.25, -0.2) is 0 Å². The number of benzene rings is 1. The summed E-state index contributed by atoms with van der Waals surface area (Å²) in [6, 6.07) is 8.87. The van der Waals surface area contributed by atoms with E-state index in [9.17, 15) is 0 Å². The molecule has 0 spiro atoms. The van der Waals surface area contributed by atoms with Crippen LogP contribution in [0.25, 0.3) is 0 Å². The molecule has 0 amide bonds. The van der Waals surface area contributed by atoms with E-state index in [1.807, 2.05) is 7.05 Å². The van der Waals surface area contributed by atoms with E-state index in [4.69, 9.17) is 4.74 Å². The van der Waals surface area contributed by atoms with Gasteiger partial charge >= 0.3 is 0 Å². The Balaban J connectivity index is 1.86. The van der Waals surface area contributed by atoms with Crippen molar-refractivity contribution >= 4 is 5.96 Å². The average Bonchev–Trinajstić information content (AvgIpc) is 2.81. The number of hydrogen-bond donors (Lipinski definition) is 2. The number of guanidine groups is 1. The lowest BCUT2D eigenvalue weighted by molar-refractivity contribution is 0.164. The molecule has 0 aliphatic carbocycles. The van der Waals surface area contributed by atoms with E-state index in [0.717, 1.165) is 57.4 Å². The van der Waals surface area contributed by atoms with Gasteiger partial charge in [-0.1, -0.05) is 32.4 Å². The summed E-state index contributed by atoms with van der Waals surface area (Å²) < 4.78 is 5.34. The van der Waals surface area contributed by atoms with Gasteiger partial charge in [0.05, 0.1) is 13.2 Å². The SMILES string of the molecule is CCN(CC)CCCCNC(=NC)NCC(c1ccc(OC)cc1)N1CCCCC1. The van der Waals surface area contributed by atoms with E-state index < -0.39 is 0 Å². The number of nitrogens with zero attached hydrogens (tertiary/aromatic N) is 3. The molecule has 0 bridgehead atoms. The summed E-state index contributed by atoms with van der Waals surface area (Å²) in [6.45, 7) is 12.0. The van der Waals surface area contributed by atoms with E-state index in [1.54, 1.807) is 7.11 Å². The summed E-state index contributed by atoms with van der Waals surface area (Å²) in [6.07, 6.45) is 6.29. The van der Waals surface area contributed by atoms with Gasteiger partial charge < -0.3 is 20.3 Å². The Bertz CT molecular complexity index is 594. The number of aliphatic imine (C=N–C) groups is 1. The highest BCUT2D eigenvalue weighted by molar-refractivity contribution is 5.79. The van der Waals surface area contributed by atoms with Crippen LogP contribution in [0.1, 0.15) is 57.6 Å². The lowest BCUT2D eigenvalue weighted by Gasteiger charge is -2.35. The summed E-state index contributed by atoms with van der Waals surface area (Å²) in [5.74, 6) is 1.81. The number of nitrogens with one attached hydrogen (secondary N) is 2. The lowest BCUT2D eigenvalue weighted by atomic mass is 10.0. The molecule has 1 fully saturated rings. The highest BCUT2D eigenvalue weighted by Gasteiger charge is 2.22. The Morgan fingerprint density at radius 3 is 2.37 bits per heavy atom. The van der Waals surface area contributed by atoms with Crippen molar-refractivity contribution in [3.63, 3.8) is 0 Å². The van der Waals surface area contributed by atoms with Crippen molar-refractivity contribution < 1.29 is 4.74 Å². The standard InChI is InChI=1S/C24H43N5O/c1-5-28(6-2)17-11-8-16-26-24(25-3)27-20-23(29-18-9-7-10-19-29)21-12-14-22(30-4)15-13-21/h12-15,23H,5-11,16-20H2,1-4H3,(H2,25,26,27). The first-order chi connectivity index (χ1) is 14.7. The molecule has 6 heteroatoms. The van der Waals surface area contributed by atoms with Crippen LogP contribution >= 0.6 is 0 Å². The van der Waals surface area contributed by atoms with E-state index in [-0.39, 0.29) is 0 Å². The highest BCUT2D eigenvalue weighted by atomic mass is 16.5. The van der Waals surface area contributed by atoms with Crippen LogP contribution in [-0.4, -0.2) is 75.7 Å². The zero-order valence-electron chi connectivity index (χ0n) is 19.6. The van der Waals surface area contributed by atoms with Crippen LogP contribution in [0.15, 0.2) is 29.3 Å². The van der Waals surface area contributed by atoms with Crippen molar-refractivity contribution in [3.8, 4) is 5.75 Å². The number of likely N-dealkylation sites (tertiary alicyclic amines) is 1. The molecule has 1 aromatic rings. The average molecular weight is 418 g/mol. The minimum Gasteiger partial charge on any atom is -0.497 e. The number of methoxy groups -OCH3 is 1. The van der Waals surface area contributed by atoms with Gasteiger partial charge in [0.2, 0.25) is 0 Å². The second kappa shape index (κ2) is 14.3. The van der Waals surface area contributed by atoms with E-state index >= 15 is 0 Å². The normalized spacial score (nSPS) is 16.5. The van der Waals surface area contributed by atoms with Gasteiger partial charge in [0.1, 0.15) is 5.75 Å². The van der Waals surface area contributed by atoms with Crippen LogP contribution < -0.4 is 15.4 Å². The van der Waals surface area contributed by atoms with E-state index in [2.05, 4.69) is 63.5 Å². The Morgan fingerprint density at radius 2 is 1.77 bits per heavy atom. The van der Waals surface area contributed by atoms with Gasteiger partial charge in [-0.15, -0.1) is 0 Å². The number of piperidine rings is 1. The minimum atomic E-state index is 0.345. The molecule has 6 nitrogen and oxygen atoms in total. The maximum Gasteiger partial charge on any atom is 0.191 e. The number of unbranched alkanes of at least 4 members (excludes halogenated alkanes) is 1. The number of ether oxygens (including phenoxy) is 1. The Morgan fingerprint density at radius 1 is 1.07 bits per heavy atom. The van der Waals surface area contributed by atoms with Crippen molar-refractivity contribution in [2.75, 3.05) is 60.0 Å². The number of rotatable bonds is 12. The van der Waals surface area contributed by atoms with Gasteiger partial charge in [-0.3, -0.25) is 9.89 Å². The quantitative estimate of drug-likeness (QED) is 0.310. The number of hydrogen-bond acceptors (Lipinski definition) is 4. The van der Waals surface area contributed by atoms with E-state index in [1.165, 1.54) is 37.8 Å². The molecule has 0 saturated carbocycles. The van der Waals surface area contributed by atoms with Crippen LogP contribution in [0.2, 0.25) is 0 Å². The molecule has 2 rings (SSSR count). The second-order valence-electron chi connectivity index (χ2n) is 8.00. The topological polar surface area (TPSA) is 52.1 Å². The van der Waals surface area contributed by atoms with Crippen LogP contribution in [-0.2, 0) is 0 Å². The van der Waals surface area contributed by atoms with E-state index in [0.29, 0.717) is 6.04 Å². The molecule has 30 heavy (non-hydrogen) atoms. The molecular weight excluding hydrogens is 374 g/mol. The molecule has 1 aromatic carbocycles. The Hall–Kier alpha value is -1.79. The minimum absolute atomic E-state index is 0.345. The predicted molar refractivity (Wildman–Crippen MR) is 128 cm³/mol. The van der Waals surface area contributed by atoms with Gasteiger partial charge in [0.15, 0.2) is 5.96 Å². The summed E-state index contributed by atoms with van der Waals surface area (Å²) in [5, 5.41) is 7.06. The maximum absolute atomic E-state index is 5.34. The van der Waals surface area contributed by atoms with Crippen LogP contribution in [0.5, 0.6) is 5.75 Å². The highest BCUT2D eigenvalue weighted by Crippen LogP contribution is 2.25. The fourth-order valence-corrected chi connectivity index (χ4v) is 4.13. The van der Waals surface area contributed by atoms with Crippen LogP contribution in [0, 0.1) is 0 Å². The molecule has 1 aliphatic heterocycles. The zero-order chi connectivity index (χ0) is 21.6. The fraction of sp³-hybridized carbons (Fsp3) is 0.708. The first-order valence-corrected chi connectivity index (χ1v) is 11.8. The molecular formula is C24H43N5O. The molecule has 1 aliphatic rings. The molecule has 170 valence electrons. The monoisotopic (exact) mass is 417 g/mol. The van der Waals surface area contributed by atoms with Crippen molar-refractivity contribution in [2.24, 2.45) is 4.99 Å². The first kappa shape index (κ1) is 24.5. The molecule has 0 radical (unpaired) electrons. The third kappa shape index (κ3) is 8.15. The lowest BCUT2D eigenvalue weighted by Crippen LogP contribution is -2.44. The summed E-state index contributed by atoms with van der Waals surface area (Å²) in [7, 11) is 3.57. The molecule has 2 N–H and O–H groups in total. The summed E-state index contributed by atoms with van der Waals surface area (Å²) >= 11 is 0. The smallest absolute Gasteiger partial charge is 0.191 e. The van der Waals surface area contributed by atoms with Crippen molar-refractivity contribution in [1.29, 1.82) is 0 Å². The third-order valence-electron chi connectivity index (χ3n) is 6.11. The fourth-order valence-electron chi connectivity index (χ4n) is 4.13. The van der Waals surface area contributed by atoms with Gasteiger partial charge in [-0.2, -0.15) is 0 Å². The first-order valence-electron chi connectivity index (χ1n) is 11.8. The van der Waals surface area contributed by atoms with Crippen LogP contribution in [0.3, 0.4) is 0 Å². The molecule has 1 heterocycles. The third-order valence-corrected chi connectivity index (χ3v) is 6.11. The summed E-state index contributed by atoms with van der Waals surface area (Å²) in [4.78, 5) is 9.52. The van der Waals surface area contributed by atoms with Crippen molar-refractivity contribution in [3.05, 3.63) is 29.8 Å². The van der Waals surface area contributed by atoms with Crippen molar-refractivity contribution in [1.82, 2.24) is 20.4 Å². The Labute approximate surface area is 184 Å². The maximum atomic E-state index is 5.34. The predicted octanol–water partition coefficient (Wildman–Crippen LogP) is 3.51. The molecule has 0 aromatic heterocycles. The zero-order valence-corrected chi connectivity index (χ0v) is 19.6. The van der Waals surface area contributed by atoms with Gasteiger partial charge in [-0.05, 0) is 76.1 Å². The van der Waals surface area contributed by atoms with Crippen molar-refractivity contribution in [2.45, 2.75) is 52.0 Å². The Kier molecular flexibility index (Phi) is 11.6. The largest absolute Gasteiger partial charge is 0.497 e. The molecule has 1 atom stereocenters. The van der Waals surface area contributed by atoms with Gasteiger partial charge in [0.25, 0.3) is 0 Å². The van der Waals surface area contributed by atoms with Crippen LogP contribution in [0.4, 0.5) is 0 Å².